The smallest absolute Gasteiger partial charge is 0.311 e. The third-order valence-corrected chi connectivity index (χ3v) is 6.27. The zero-order valence-corrected chi connectivity index (χ0v) is 15.7. The molecular formula is C21H33NO3. The lowest BCUT2D eigenvalue weighted by molar-refractivity contribution is -0.143. The van der Waals surface area contributed by atoms with Gasteiger partial charge in [0.1, 0.15) is 6.10 Å². The van der Waals surface area contributed by atoms with Gasteiger partial charge in [0.2, 0.25) is 0 Å². The number of carbonyl (C=O) groups is 1. The Hall–Kier alpha value is -1.13. The van der Waals surface area contributed by atoms with Crippen LogP contribution >= 0.6 is 0 Å². The number of aliphatic hydroxyl groups excluding tert-OH is 1. The maximum Gasteiger partial charge on any atom is 0.311 e. The number of carbonyl (C=O) groups excluding carboxylic acids is 1. The first-order valence-electron chi connectivity index (χ1n) is 9.93. The Kier molecular flexibility index (Phi) is 6.34. The molecule has 3 rings (SSSR count). The van der Waals surface area contributed by atoms with E-state index in [0.29, 0.717) is 18.4 Å². The highest BCUT2D eigenvalue weighted by molar-refractivity contribution is 5.76. The molecule has 4 nitrogen and oxygen atoms in total. The van der Waals surface area contributed by atoms with E-state index in [0.717, 1.165) is 58.2 Å². The van der Waals surface area contributed by atoms with Crippen molar-refractivity contribution in [3.63, 3.8) is 0 Å². The van der Waals surface area contributed by atoms with Gasteiger partial charge in [-0.05, 0) is 77.5 Å². The molecule has 2 fully saturated rings. The molecule has 1 aliphatic carbocycles. The molecule has 0 amide bonds. The molecule has 3 atom stereocenters. The van der Waals surface area contributed by atoms with Crippen LogP contribution in [0.15, 0.2) is 23.3 Å². The van der Waals surface area contributed by atoms with Crippen LogP contribution < -0.4 is 0 Å². The Morgan fingerprint density at radius 3 is 2.64 bits per heavy atom. The van der Waals surface area contributed by atoms with E-state index in [2.05, 4.69) is 30.9 Å². The number of ether oxygens (including phenoxy) is 1. The van der Waals surface area contributed by atoms with E-state index < -0.39 is 0 Å². The van der Waals surface area contributed by atoms with Crippen LogP contribution in [0.2, 0.25) is 0 Å². The summed E-state index contributed by atoms with van der Waals surface area (Å²) in [5, 5.41) is 9.31. The SMILES string of the molecule is CC1=CCC/C(C)=C/[C@H]2OC(=O)[C@@H](CN3CCC(CO)CC3)[C@@H]2CC1. The van der Waals surface area contributed by atoms with Crippen molar-refractivity contribution in [2.24, 2.45) is 17.8 Å². The summed E-state index contributed by atoms with van der Waals surface area (Å²) in [5.41, 5.74) is 2.77. The maximum absolute atomic E-state index is 12.6. The fourth-order valence-electron chi connectivity index (χ4n) is 4.48. The van der Waals surface area contributed by atoms with Crippen LogP contribution in [0.25, 0.3) is 0 Å². The van der Waals surface area contributed by atoms with Crippen LogP contribution in [0.4, 0.5) is 0 Å². The first kappa shape index (κ1) is 18.7. The normalized spacial score (nSPS) is 34.7. The van der Waals surface area contributed by atoms with Gasteiger partial charge in [-0.1, -0.05) is 17.2 Å². The number of allylic oxidation sites excluding steroid dienone is 3. The van der Waals surface area contributed by atoms with E-state index in [-0.39, 0.29) is 18.0 Å². The number of likely N-dealkylation sites (tertiary alicyclic amines) is 1. The largest absolute Gasteiger partial charge is 0.458 e. The lowest BCUT2D eigenvalue weighted by atomic mass is 9.83. The average Bonchev–Trinajstić information content (AvgIpc) is 2.88. The summed E-state index contributed by atoms with van der Waals surface area (Å²) in [6, 6.07) is 0. The van der Waals surface area contributed by atoms with E-state index in [9.17, 15) is 9.90 Å². The summed E-state index contributed by atoms with van der Waals surface area (Å²) < 4.78 is 5.80. The van der Waals surface area contributed by atoms with Gasteiger partial charge < -0.3 is 14.7 Å². The number of esters is 1. The lowest BCUT2D eigenvalue weighted by Crippen LogP contribution is -2.40. The van der Waals surface area contributed by atoms with Crippen molar-refractivity contribution < 1.29 is 14.6 Å². The summed E-state index contributed by atoms with van der Waals surface area (Å²) in [7, 11) is 0. The second-order valence-corrected chi connectivity index (χ2v) is 8.24. The molecule has 0 radical (unpaired) electrons. The number of fused-ring (bicyclic) bond motifs is 1. The molecule has 2 heterocycles. The molecule has 140 valence electrons. The molecule has 4 heteroatoms. The highest BCUT2D eigenvalue weighted by atomic mass is 16.6. The first-order valence-corrected chi connectivity index (χ1v) is 9.93. The van der Waals surface area contributed by atoms with Gasteiger partial charge in [-0.25, -0.2) is 0 Å². The monoisotopic (exact) mass is 347 g/mol. The van der Waals surface area contributed by atoms with Crippen molar-refractivity contribution in [1.82, 2.24) is 4.90 Å². The van der Waals surface area contributed by atoms with Crippen LogP contribution in [-0.2, 0) is 9.53 Å². The Morgan fingerprint density at radius 1 is 1.16 bits per heavy atom. The molecule has 0 aromatic heterocycles. The zero-order chi connectivity index (χ0) is 17.8. The quantitative estimate of drug-likeness (QED) is 0.628. The van der Waals surface area contributed by atoms with Gasteiger partial charge in [0.15, 0.2) is 0 Å². The van der Waals surface area contributed by atoms with Gasteiger partial charge in [-0.3, -0.25) is 4.79 Å². The minimum absolute atomic E-state index is 0.00745. The molecule has 0 aromatic carbocycles. The average molecular weight is 347 g/mol. The molecule has 3 aliphatic rings. The number of rotatable bonds is 3. The zero-order valence-electron chi connectivity index (χ0n) is 15.7. The number of aliphatic hydroxyl groups is 1. The third-order valence-electron chi connectivity index (χ3n) is 6.27. The second kappa shape index (κ2) is 8.50. The molecular weight excluding hydrogens is 314 g/mol. The van der Waals surface area contributed by atoms with E-state index in [1.165, 1.54) is 11.1 Å². The van der Waals surface area contributed by atoms with Crippen molar-refractivity contribution in [2.75, 3.05) is 26.2 Å². The molecule has 1 N–H and O–H groups in total. The molecule has 25 heavy (non-hydrogen) atoms. The lowest BCUT2D eigenvalue weighted by Gasteiger charge is -2.33. The van der Waals surface area contributed by atoms with Crippen LogP contribution in [0.1, 0.15) is 52.4 Å². The number of hydrogen-bond acceptors (Lipinski definition) is 4. The van der Waals surface area contributed by atoms with Gasteiger partial charge >= 0.3 is 5.97 Å². The summed E-state index contributed by atoms with van der Waals surface area (Å²) in [5.74, 6) is 0.710. The van der Waals surface area contributed by atoms with Crippen molar-refractivity contribution in [3.8, 4) is 0 Å². The Bertz CT molecular complexity index is 531. The van der Waals surface area contributed by atoms with E-state index in [4.69, 9.17) is 4.74 Å². The minimum atomic E-state index is -0.0432. The molecule has 0 saturated carbocycles. The van der Waals surface area contributed by atoms with Gasteiger partial charge in [0.05, 0.1) is 5.92 Å². The number of piperidine rings is 1. The van der Waals surface area contributed by atoms with Crippen molar-refractivity contribution >= 4 is 5.97 Å². The standard InChI is InChI=1S/C21H33NO3/c1-15-4-3-5-16(2)12-20-18(7-6-15)19(21(24)25-20)13-22-10-8-17(14-23)9-11-22/h4,12,17-20,23H,3,5-11,13-14H2,1-2H3/b15-4?,16-12+/t18-,19-,20+/m0/s1. The molecule has 2 saturated heterocycles. The third kappa shape index (κ3) is 4.73. The van der Waals surface area contributed by atoms with Crippen LogP contribution in [0.5, 0.6) is 0 Å². The molecule has 0 unspecified atom stereocenters. The topological polar surface area (TPSA) is 49.8 Å². The molecule has 0 spiro atoms. The fourth-order valence-corrected chi connectivity index (χ4v) is 4.48. The van der Waals surface area contributed by atoms with E-state index in [1.54, 1.807) is 0 Å². The van der Waals surface area contributed by atoms with Crippen molar-refractivity contribution in [2.45, 2.75) is 58.5 Å². The van der Waals surface area contributed by atoms with Crippen LogP contribution in [0, 0.1) is 17.8 Å². The van der Waals surface area contributed by atoms with Crippen LogP contribution in [-0.4, -0.2) is 48.3 Å². The Morgan fingerprint density at radius 2 is 1.92 bits per heavy atom. The predicted octanol–water partition coefficient (Wildman–Crippen LogP) is 3.32. The molecule has 0 aromatic rings. The molecule has 0 bridgehead atoms. The van der Waals surface area contributed by atoms with Gasteiger partial charge in [-0.15, -0.1) is 0 Å². The highest BCUT2D eigenvalue weighted by Crippen LogP contribution is 2.36. The second-order valence-electron chi connectivity index (χ2n) is 8.24. The molecule has 2 aliphatic heterocycles. The Balaban J connectivity index is 1.69. The fraction of sp³-hybridized carbons (Fsp3) is 0.762. The van der Waals surface area contributed by atoms with E-state index >= 15 is 0 Å². The highest BCUT2D eigenvalue weighted by Gasteiger charge is 2.44. The van der Waals surface area contributed by atoms with Gasteiger partial charge in [0.25, 0.3) is 0 Å². The van der Waals surface area contributed by atoms with Gasteiger partial charge in [0, 0.05) is 19.1 Å². The van der Waals surface area contributed by atoms with E-state index in [1.807, 2.05) is 0 Å². The number of nitrogens with zero attached hydrogens (tertiary/aromatic N) is 1. The summed E-state index contributed by atoms with van der Waals surface area (Å²) in [4.78, 5) is 15.0. The van der Waals surface area contributed by atoms with Gasteiger partial charge in [-0.2, -0.15) is 0 Å². The summed E-state index contributed by atoms with van der Waals surface area (Å²) in [6.45, 7) is 7.44. The minimum Gasteiger partial charge on any atom is -0.458 e. The summed E-state index contributed by atoms with van der Waals surface area (Å²) >= 11 is 0. The summed E-state index contributed by atoms with van der Waals surface area (Å²) in [6.07, 6.45) is 10.8. The Labute approximate surface area is 151 Å². The maximum atomic E-state index is 12.6. The predicted molar refractivity (Wildman–Crippen MR) is 99.1 cm³/mol. The van der Waals surface area contributed by atoms with Crippen molar-refractivity contribution in [3.05, 3.63) is 23.3 Å². The van der Waals surface area contributed by atoms with Crippen LogP contribution in [0.3, 0.4) is 0 Å². The first-order chi connectivity index (χ1) is 12.1. The number of hydrogen-bond donors (Lipinski definition) is 1. The van der Waals surface area contributed by atoms with Crippen molar-refractivity contribution in [1.29, 1.82) is 0 Å².